The summed E-state index contributed by atoms with van der Waals surface area (Å²) in [4.78, 5) is 14.5. The van der Waals surface area contributed by atoms with E-state index < -0.39 is 0 Å². The van der Waals surface area contributed by atoms with Gasteiger partial charge in [0.05, 0.1) is 25.0 Å². The Hall–Kier alpha value is -1.11. The number of piperidine rings is 1. The fourth-order valence-electron chi connectivity index (χ4n) is 2.58. The van der Waals surface area contributed by atoms with Gasteiger partial charge in [-0.15, -0.1) is 0 Å². The molecule has 2 heterocycles. The third-order valence-corrected chi connectivity index (χ3v) is 4.17. The lowest BCUT2D eigenvalue weighted by Crippen LogP contribution is -2.42. The van der Waals surface area contributed by atoms with E-state index in [-0.39, 0.29) is 10.6 Å². The first-order valence-electron chi connectivity index (χ1n) is 7.39. The second-order valence-corrected chi connectivity index (χ2v) is 5.65. The van der Waals surface area contributed by atoms with E-state index >= 15 is 0 Å². The van der Waals surface area contributed by atoms with Crippen LogP contribution in [0.25, 0.3) is 0 Å². The molecule has 1 saturated heterocycles. The quantitative estimate of drug-likeness (QED) is 0.861. The highest BCUT2D eigenvalue weighted by Crippen LogP contribution is 2.20. The number of anilines is 1. The molecule has 0 spiro atoms. The van der Waals surface area contributed by atoms with Crippen molar-refractivity contribution in [2.24, 2.45) is 0 Å². The van der Waals surface area contributed by atoms with Gasteiger partial charge in [0.25, 0.3) is 5.56 Å². The fraction of sp³-hybridized carbons (Fsp3) is 0.714. The summed E-state index contributed by atoms with van der Waals surface area (Å²) >= 11 is 6.18. The van der Waals surface area contributed by atoms with E-state index in [1.54, 1.807) is 13.3 Å². The molecule has 0 radical (unpaired) electrons. The van der Waals surface area contributed by atoms with Crippen molar-refractivity contribution < 1.29 is 4.74 Å². The zero-order valence-corrected chi connectivity index (χ0v) is 13.4. The number of hydrogen-bond acceptors (Lipinski definition) is 5. The van der Waals surface area contributed by atoms with Crippen molar-refractivity contribution in [3.8, 4) is 0 Å². The van der Waals surface area contributed by atoms with E-state index in [0.29, 0.717) is 24.9 Å². The molecule has 1 aromatic heterocycles. The van der Waals surface area contributed by atoms with Gasteiger partial charge in [0.15, 0.2) is 0 Å². The Labute approximate surface area is 130 Å². The average Bonchev–Trinajstić information content (AvgIpc) is 2.51. The van der Waals surface area contributed by atoms with Crippen molar-refractivity contribution in [3.05, 3.63) is 21.6 Å². The third kappa shape index (κ3) is 4.18. The minimum absolute atomic E-state index is 0.203. The Kier molecular flexibility index (Phi) is 6.02. The molecular weight excluding hydrogens is 292 g/mol. The maximum Gasteiger partial charge on any atom is 0.287 e. The van der Waals surface area contributed by atoms with Crippen LogP contribution in [0.1, 0.15) is 19.8 Å². The van der Waals surface area contributed by atoms with E-state index in [9.17, 15) is 4.79 Å². The number of methoxy groups -OCH3 is 1. The van der Waals surface area contributed by atoms with Crippen molar-refractivity contribution in [1.82, 2.24) is 14.7 Å². The Morgan fingerprint density at radius 2 is 2.38 bits per heavy atom. The SMILES string of the molecule is CCN1CCCC(Nc2cnn(CCOC)c(=O)c2Cl)C1. The van der Waals surface area contributed by atoms with E-state index in [2.05, 4.69) is 22.2 Å². The van der Waals surface area contributed by atoms with E-state index in [4.69, 9.17) is 16.3 Å². The summed E-state index contributed by atoms with van der Waals surface area (Å²) in [5, 5.41) is 7.71. The van der Waals surface area contributed by atoms with Crippen LogP contribution in [0.5, 0.6) is 0 Å². The molecular formula is C14H23ClN4O2. The van der Waals surface area contributed by atoms with Gasteiger partial charge >= 0.3 is 0 Å². The van der Waals surface area contributed by atoms with Gasteiger partial charge in [0, 0.05) is 19.7 Å². The lowest BCUT2D eigenvalue weighted by atomic mass is 10.1. The van der Waals surface area contributed by atoms with Crippen LogP contribution < -0.4 is 10.9 Å². The van der Waals surface area contributed by atoms with Gasteiger partial charge in [-0.05, 0) is 25.9 Å². The second-order valence-electron chi connectivity index (χ2n) is 5.27. The van der Waals surface area contributed by atoms with Crippen molar-refractivity contribution in [3.63, 3.8) is 0 Å². The number of halogens is 1. The Morgan fingerprint density at radius 3 is 3.10 bits per heavy atom. The van der Waals surface area contributed by atoms with Crippen molar-refractivity contribution >= 4 is 17.3 Å². The van der Waals surface area contributed by atoms with E-state index in [1.165, 1.54) is 4.68 Å². The topological polar surface area (TPSA) is 59.4 Å². The molecule has 0 aliphatic carbocycles. The summed E-state index contributed by atoms with van der Waals surface area (Å²) in [6.45, 7) is 6.15. The molecule has 7 heteroatoms. The Bertz CT molecular complexity index is 520. The van der Waals surface area contributed by atoms with Gasteiger partial charge in [-0.3, -0.25) is 4.79 Å². The Morgan fingerprint density at radius 1 is 1.57 bits per heavy atom. The summed E-state index contributed by atoms with van der Waals surface area (Å²) in [6, 6.07) is 0.312. The lowest BCUT2D eigenvalue weighted by molar-refractivity contribution is 0.182. The highest BCUT2D eigenvalue weighted by Gasteiger charge is 2.20. The van der Waals surface area contributed by atoms with Gasteiger partial charge in [-0.25, -0.2) is 4.68 Å². The van der Waals surface area contributed by atoms with Gasteiger partial charge in [0.2, 0.25) is 0 Å². The Balaban J connectivity index is 2.06. The maximum absolute atomic E-state index is 12.1. The van der Waals surface area contributed by atoms with Crippen LogP contribution >= 0.6 is 11.6 Å². The molecule has 1 fully saturated rings. The molecule has 1 aliphatic rings. The number of rotatable bonds is 6. The number of nitrogens with zero attached hydrogens (tertiary/aromatic N) is 3. The predicted molar refractivity (Wildman–Crippen MR) is 84.1 cm³/mol. The minimum atomic E-state index is -0.276. The number of hydrogen-bond donors (Lipinski definition) is 1. The lowest BCUT2D eigenvalue weighted by Gasteiger charge is -2.32. The minimum Gasteiger partial charge on any atom is -0.383 e. The number of aromatic nitrogens is 2. The first-order valence-corrected chi connectivity index (χ1v) is 7.77. The molecule has 2 rings (SSSR count). The molecule has 1 unspecified atom stereocenters. The van der Waals surface area contributed by atoms with Crippen LogP contribution in [0.3, 0.4) is 0 Å². The molecule has 0 saturated carbocycles. The second kappa shape index (κ2) is 7.77. The summed E-state index contributed by atoms with van der Waals surface area (Å²) in [7, 11) is 1.59. The summed E-state index contributed by atoms with van der Waals surface area (Å²) in [6.07, 6.45) is 3.87. The van der Waals surface area contributed by atoms with Gasteiger partial charge in [-0.2, -0.15) is 5.10 Å². The van der Waals surface area contributed by atoms with Gasteiger partial charge in [0.1, 0.15) is 5.02 Å². The summed E-state index contributed by atoms with van der Waals surface area (Å²) < 4.78 is 6.28. The highest BCUT2D eigenvalue weighted by atomic mass is 35.5. The van der Waals surface area contributed by atoms with Crippen molar-refractivity contribution in [1.29, 1.82) is 0 Å². The van der Waals surface area contributed by atoms with Crippen LogP contribution in [-0.2, 0) is 11.3 Å². The van der Waals surface area contributed by atoms with Crippen molar-refractivity contribution in [2.75, 3.05) is 38.7 Å². The van der Waals surface area contributed by atoms with Crippen molar-refractivity contribution in [2.45, 2.75) is 32.4 Å². The van der Waals surface area contributed by atoms with Gasteiger partial charge < -0.3 is 15.0 Å². The molecule has 1 aliphatic heterocycles. The summed E-state index contributed by atoms with van der Waals surface area (Å²) in [5.74, 6) is 0. The average molecular weight is 315 g/mol. The number of ether oxygens (including phenoxy) is 1. The first kappa shape index (κ1) is 16.3. The number of likely N-dealkylation sites (tertiary alicyclic amines) is 1. The van der Waals surface area contributed by atoms with Crippen LogP contribution in [0, 0.1) is 0 Å². The fourth-order valence-corrected chi connectivity index (χ4v) is 2.78. The smallest absolute Gasteiger partial charge is 0.287 e. The molecule has 1 N–H and O–H groups in total. The zero-order valence-electron chi connectivity index (χ0n) is 12.6. The molecule has 118 valence electrons. The monoisotopic (exact) mass is 314 g/mol. The standard InChI is InChI=1S/C14H23ClN4O2/c1-3-18-6-4-5-11(10-18)17-12-9-16-19(7-8-21-2)14(20)13(12)15/h9,11,17H,3-8,10H2,1-2H3. The largest absolute Gasteiger partial charge is 0.383 e. The molecule has 0 bridgehead atoms. The molecule has 21 heavy (non-hydrogen) atoms. The number of nitrogens with one attached hydrogen (secondary N) is 1. The normalized spacial score (nSPS) is 19.7. The third-order valence-electron chi connectivity index (χ3n) is 3.80. The van der Waals surface area contributed by atoms with E-state index in [0.717, 1.165) is 32.5 Å². The number of likely N-dealkylation sites (N-methyl/N-ethyl adjacent to an activating group) is 1. The van der Waals surface area contributed by atoms with Gasteiger partial charge in [-0.1, -0.05) is 18.5 Å². The predicted octanol–water partition coefficient (Wildman–Crippen LogP) is 1.44. The molecule has 0 aromatic carbocycles. The zero-order chi connectivity index (χ0) is 15.2. The first-order chi connectivity index (χ1) is 10.2. The van der Waals surface area contributed by atoms with Crippen LogP contribution in [0.15, 0.2) is 11.0 Å². The van der Waals surface area contributed by atoms with Crippen LogP contribution in [0.4, 0.5) is 5.69 Å². The molecule has 0 amide bonds. The van der Waals surface area contributed by atoms with Crippen LogP contribution in [0.2, 0.25) is 5.02 Å². The maximum atomic E-state index is 12.1. The molecule has 6 nitrogen and oxygen atoms in total. The highest BCUT2D eigenvalue weighted by molar-refractivity contribution is 6.32. The molecule has 1 atom stereocenters. The van der Waals surface area contributed by atoms with E-state index in [1.807, 2.05) is 0 Å². The molecule has 1 aromatic rings. The summed E-state index contributed by atoms with van der Waals surface area (Å²) in [5.41, 5.74) is 0.347. The van der Waals surface area contributed by atoms with Crippen LogP contribution in [-0.4, -0.2) is 54.1 Å².